The van der Waals surface area contributed by atoms with Crippen molar-refractivity contribution >= 4 is 0 Å². The van der Waals surface area contributed by atoms with Gasteiger partial charge in [-0.1, -0.05) is 0 Å². The van der Waals surface area contributed by atoms with Crippen LogP contribution in [0.4, 0.5) is 8.78 Å². The molecular weight excluding hydrogens is 117 g/mol. The van der Waals surface area contributed by atoms with Crippen molar-refractivity contribution < 1.29 is 27.6 Å². The van der Waals surface area contributed by atoms with E-state index in [9.17, 15) is 8.78 Å². The second-order valence-corrected chi connectivity index (χ2v) is 1.37. The van der Waals surface area contributed by atoms with Gasteiger partial charge in [0.05, 0.1) is 0 Å². The van der Waals surface area contributed by atoms with Gasteiger partial charge in [-0.15, -0.1) is 18.2 Å². The van der Waals surface area contributed by atoms with E-state index in [0.717, 1.165) is 18.2 Å². The first-order valence-corrected chi connectivity index (χ1v) is 2.11. The molecule has 3 heteroatoms. The molecule has 0 unspecified atom stereocenters. The third kappa shape index (κ3) is 2.64. The van der Waals surface area contributed by atoms with Crippen molar-refractivity contribution in [3.8, 4) is 0 Å². The van der Waals surface area contributed by atoms with Gasteiger partial charge in [0.25, 0.3) is 0 Å². The van der Waals surface area contributed by atoms with Crippen molar-refractivity contribution in [3.63, 3.8) is 0 Å². The predicted octanol–water partition coefficient (Wildman–Crippen LogP) is -1.23. The molecule has 1 aromatic rings. The summed E-state index contributed by atoms with van der Waals surface area (Å²) in [6.45, 7) is 0. The van der Waals surface area contributed by atoms with Crippen molar-refractivity contribution in [1.29, 1.82) is 0 Å². The molecule has 0 bridgehead atoms. The number of hydrogen-bond acceptors (Lipinski definition) is 0. The zero-order valence-electron chi connectivity index (χ0n) is 4.99. The van der Waals surface area contributed by atoms with Crippen LogP contribution in [0.15, 0.2) is 18.2 Å². The normalized spacial score (nSPS) is 8.22. The first kappa shape index (κ1) is 8.68. The molecular formula is C6H3F2Li. The van der Waals surface area contributed by atoms with E-state index in [-0.39, 0.29) is 18.9 Å². The monoisotopic (exact) mass is 120 g/mol. The Morgan fingerprint density at radius 2 is 1.56 bits per heavy atom. The maximum absolute atomic E-state index is 11.9. The Morgan fingerprint density at radius 1 is 1.11 bits per heavy atom. The van der Waals surface area contributed by atoms with Crippen LogP contribution in [-0.4, -0.2) is 0 Å². The number of halogens is 2. The molecule has 0 nitrogen and oxygen atoms in total. The van der Waals surface area contributed by atoms with Crippen LogP contribution in [0, 0.1) is 17.7 Å². The molecule has 0 aliphatic heterocycles. The van der Waals surface area contributed by atoms with Gasteiger partial charge in [-0.25, -0.2) is 0 Å². The average molecular weight is 120 g/mol. The fourth-order valence-corrected chi connectivity index (χ4v) is 0.416. The fourth-order valence-electron chi connectivity index (χ4n) is 0.416. The second-order valence-electron chi connectivity index (χ2n) is 1.37. The van der Waals surface area contributed by atoms with Gasteiger partial charge in [-0.3, -0.25) is 8.78 Å². The first-order valence-electron chi connectivity index (χ1n) is 2.11. The summed E-state index contributed by atoms with van der Waals surface area (Å²) in [7, 11) is 0. The van der Waals surface area contributed by atoms with Crippen LogP contribution in [0.2, 0.25) is 0 Å². The van der Waals surface area contributed by atoms with Crippen LogP contribution < -0.4 is 18.9 Å². The largest absolute Gasteiger partial charge is 1.00 e. The molecule has 1 rings (SSSR count). The van der Waals surface area contributed by atoms with Crippen LogP contribution in [0.5, 0.6) is 0 Å². The predicted molar refractivity (Wildman–Crippen MR) is 25.2 cm³/mol. The van der Waals surface area contributed by atoms with Gasteiger partial charge in [0.2, 0.25) is 0 Å². The molecule has 0 aliphatic rings. The van der Waals surface area contributed by atoms with Crippen LogP contribution in [-0.2, 0) is 0 Å². The van der Waals surface area contributed by atoms with E-state index in [1.165, 1.54) is 0 Å². The Morgan fingerprint density at radius 3 is 1.78 bits per heavy atom. The molecule has 0 N–H and O–H groups in total. The summed E-state index contributed by atoms with van der Waals surface area (Å²) in [6.07, 6.45) is 0. The van der Waals surface area contributed by atoms with E-state index in [1.54, 1.807) is 0 Å². The molecule has 0 spiro atoms. The first-order chi connectivity index (χ1) is 3.79. The zero-order valence-corrected chi connectivity index (χ0v) is 4.99. The Labute approximate surface area is 64.1 Å². The average Bonchev–Trinajstić information content (AvgIpc) is 1.64. The third-order valence-electron chi connectivity index (χ3n) is 0.718. The summed E-state index contributed by atoms with van der Waals surface area (Å²) in [6, 6.07) is 5.23. The van der Waals surface area contributed by atoms with E-state index in [1.807, 2.05) is 0 Å². The summed E-state index contributed by atoms with van der Waals surface area (Å²) in [4.78, 5) is 0. The molecule has 0 radical (unpaired) electrons. The maximum atomic E-state index is 11.9. The van der Waals surface area contributed by atoms with Crippen LogP contribution in [0.1, 0.15) is 0 Å². The van der Waals surface area contributed by atoms with E-state index in [4.69, 9.17) is 0 Å². The minimum atomic E-state index is -0.593. The molecule has 0 atom stereocenters. The standard InChI is InChI=1S/C6H3F2.Li/c7-5-2-1-3-6(8)4-5;/h2-4H;/q-1;+1. The Bertz CT molecular complexity index is 171. The molecule has 0 aromatic heterocycles. The summed E-state index contributed by atoms with van der Waals surface area (Å²) < 4.78 is 23.8. The minimum Gasteiger partial charge on any atom is -0.284 e. The van der Waals surface area contributed by atoms with Crippen LogP contribution in [0.25, 0.3) is 0 Å². The molecule has 0 saturated heterocycles. The van der Waals surface area contributed by atoms with Crippen molar-refractivity contribution in [1.82, 2.24) is 0 Å². The van der Waals surface area contributed by atoms with Gasteiger partial charge < -0.3 is 0 Å². The van der Waals surface area contributed by atoms with Gasteiger partial charge in [-0.2, -0.15) is 6.07 Å². The maximum Gasteiger partial charge on any atom is 1.00 e. The number of benzene rings is 1. The molecule has 0 heterocycles. The van der Waals surface area contributed by atoms with E-state index < -0.39 is 11.6 Å². The Hall–Kier alpha value is -0.323. The molecule has 42 valence electrons. The van der Waals surface area contributed by atoms with Crippen molar-refractivity contribution in [2.45, 2.75) is 0 Å². The van der Waals surface area contributed by atoms with Gasteiger partial charge in [0.1, 0.15) is 0 Å². The van der Waals surface area contributed by atoms with Crippen molar-refractivity contribution in [2.75, 3.05) is 0 Å². The molecule has 9 heavy (non-hydrogen) atoms. The fraction of sp³-hybridized carbons (Fsp3) is 0. The quantitative estimate of drug-likeness (QED) is 0.297. The molecule has 0 aliphatic carbocycles. The van der Waals surface area contributed by atoms with Gasteiger partial charge in [0, 0.05) is 11.6 Å². The smallest absolute Gasteiger partial charge is 0.284 e. The summed E-state index contributed by atoms with van der Waals surface area (Å²) >= 11 is 0. The van der Waals surface area contributed by atoms with E-state index in [0.29, 0.717) is 0 Å². The van der Waals surface area contributed by atoms with Crippen molar-refractivity contribution in [2.24, 2.45) is 0 Å². The summed E-state index contributed by atoms with van der Waals surface area (Å²) in [5.41, 5.74) is 0. The second kappa shape index (κ2) is 3.66. The molecule has 0 saturated carbocycles. The molecule has 0 amide bonds. The number of rotatable bonds is 0. The van der Waals surface area contributed by atoms with Gasteiger partial charge in [-0.05, 0) is 0 Å². The van der Waals surface area contributed by atoms with Gasteiger partial charge in [0.15, 0.2) is 0 Å². The number of hydrogen-bond donors (Lipinski definition) is 0. The zero-order chi connectivity index (χ0) is 5.98. The van der Waals surface area contributed by atoms with Crippen molar-refractivity contribution in [3.05, 3.63) is 35.9 Å². The van der Waals surface area contributed by atoms with E-state index >= 15 is 0 Å². The molecule has 0 fully saturated rings. The topological polar surface area (TPSA) is 0 Å². The van der Waals surface area contributed by atoms with Crippen LogP contribution in [0.3, 0.4) is 0 Å². The summed E-state index contributed by atoms with van der Waals surface area (Å²) in [5.74, 6) is -1.19. The van der Waals surface area contributed by atoms with Crippen LogP contribution >= 0.6 is 0 Å². The molecule has 1 aromatic carbocycles. The Balaban J connectivity index is 0.000000640. The Kier molecular flexibility index (Phi) is 3.52. The van der Waals surface area contributed by atoms with E-state index in [2.05, 4.69) is 6.07 Å². The SMILES string of the molecule is Fc1c[c-]cc(F)c1.[Li+]. The summed E-state index contributed by atoms with van der Waals surface area (Å²) in [5, 5.41) is 0. The third-order valence-corrected chi connectivity index (χ3v) is 0.718. The van der Waals surface area contributed by atoms with Gasteiger partial charge >= 0.3 is 18.9 Å². The minimum absolute atomic E-state index is 0.